The third kappa shape index (κ3) is 8.35. The van der Waals surface area contributed by atoms with Crippen LogP contribution in [0.5, 0.6) is 5.75 Å². The highest BCUT2D eigenvalue weighted by atomic mass is 32.1. The number of likely N-dealkylation sites (tertiary alicyclic amines) is 1. The minimum atomic E-state index is -0.393. The maximum Gasteiger partial charge on any atom is 0.346 e. The van der Waals surface area contributed by atoms with Crippen molar-refractivity contribution in [2.75, 3.05) is 6.54 Å². The molecular formula is C32H42N2O4S. The van der Waals surface area contributed by atoms with Crippen molar-refractivity contribution in [2.45, 2.75) is 78.3 Å². The Labute approximate surface area is 236 Å². The van der Waals surface area contributed by atoms with Crippen LogP contribution in [0.15, 0.2) is 58.8 Å². The number of aromatic nitrogens is 1. The second-order valence-corrected chi connectivity index (χ2v) is 10.5. The first-order chi connectivity index (χ1) is 19.0. The lowest BCUT2D eigenvalue weighted by Crippen LogP contribution is -2.38. The van der Waals surface area contributed by atoms with Gasteiger partial charge < -0.3 is 14.3 Å². The summed E-state index contributed by atoms with van der Waals surface area (Å²) >= 11 is 1.57. The number of allylic oxidation sites excluding steroid dienone is 3. The van der Waals surface area contributed by atoms with E-state index in [4.69, 9.17) is 9.21 Å². The lowest BCUT2D eigenvalue weighted by molar-refractivity contribution is -0.0980. The zero-order chi connectivity index (χ0) is 28.8. The molecule has 1 aliphatic heterocycles. The lowest BCUT2D eigenvalue weighted by atomic mass is 9.98. The molecule has 2 aliphatic rings. The van der Waals surface area contributed by atoms with E-state index in [0.717, 1.165) is 36.9 Å². The highest BCUT2D eigenvalue weighted by Crippen LogP contribution is 2.34. The second-order valence-electron chi connectivity index (χ2n) is 9.40. The number of aryl methyl sites for hydroxylation is 1. The van der Waals surface area contributed by atoms with Crippen LogP contribution in [0.2, 0.25) is 0 Å². The maximum atomic E-state index is 12.9. The Morgan fingerprint density at radius 2 is 1.90 bits per heavy atom. The number of fused-ring (bicyclic) bond motifs is 2. The molecule has 210 valence electrons. The summed E-state index contributed by atoms with van der Waals surface area (Å²) in [5, 5.41) is 12.1. The smallest absolute Gasteiger partial charge is 0.346 e. The van der Waals surface area contributed by atoms with Crippen LogP contribution in [0.1, 0.15) is 75.4 Å². The van der Waals surface area contributed by atoms with Crippen molar-refractivity contribution < 1.29 is 14.3 Å². The number of benzene rings is 1. The Kier molecular flexibility index (Phi) is 13.6. The van der Waals surface area contributed by atoms with Crippen molar-refractivity contribution in [1.29, 1.82) is 0 Å². The van der Waals surface area contributed by atoms with Crippen molar-refractivity contribution >= 4 is 35.2 Å². The van der Waals surface area contributed by atoms with Gasteiger partial charge >= 0.3 is 5.63 Å². The van der Waals surface area contributed by atoms with Crippen LogP contribution in [-0.4, -0.2) is 34.4 Å². The van der Waals surface area contributed by atoms with Gasteiger partial charge in [0, 0.05) is 22.8 Å². The van der Waals surface area contributed by atoms with Crippen LogP contribution < -0.4 is 5.63 Å². The van der Waals surface area contributed by atoms with Crippen molar-refractivity contribution in [3.05, 3.63) is 76.1 Å². The molecule has 7 heteroatoms. The van der Waals surface area contributed by atoms with E-state index in [2.05, 4.69) is 49.9 Å². The van der Waals surface area contributed by atoms with E-state index < -0.39 is 5.63 Å². The van der Waals surface area contributed by atoms with Gasteiger partial charge in [0.05, 0.1) is 16.8 Å². The fourth-order valence-corrected chi connectivity index (χ4v) is 5.73. The van der Waals surface area contributed by atoms with Crippen LogP contribution in [0.25, 0.3) is 27.6 Å². The van der Waals surface area contributed by atoms with Crippen molar-refractivity contribution in [1.82, 2.24) is 9.88 Å². The molecule has 1 aliphatic carbocycles. The molecule has 1 fully saturated rings. The second kappa shape index (κ2) is 16.6. The van der Waals surface area contributed by atoms with E-state index in [1.165, 1.54) is 30.6 Å². The van der Waals surface area contributed by atoms with Crippen molar-refractivity contribution in [3.8, 4) is 16.3 Å². The molecule has 0 radical (unpaired) electrons. The summed E-state index contributed by atoms with van der Waals surface area (Å²) in [5.74, 6) is 0.189. The Morgan fingerprint density at radius 1 is 1.18 bits per heavy atom. The number of rotatable bonds is 5. The predicted molar refractivity (Wildman–Crippen MR) is 164 cm³/mol. The summed E-state index contributed by atoms with van der Waals surface area (Å²) in [7, 11) is 0. The van der Waals surface area contributed by atoms with E-state index in [-0.39, 0.29) is 5.75 Å². The lowest BCUT2D eigenvalue weighted by Gasteiger charge is -2.35. The molecule has 3 aromatic rings. The van der Waals surface area contributed by atoms with E-state index in [1.807, 2.05) is 25.0 Å². The van der Waals surface area contributed by atoms with Gasteiger partial charge in [-0.15, -0.1) is 11.3 Å². The highest BCUT2D eigenvalue weighted by molar-refractivity contribution is 7.15. The number of thiazole rings is 1. The fourth-order valence-electron chi connectivity index (χ4n) is 4.66. The van der Waals surface area contributed by atoms with E-state index in [9.17, 15) is 9.90 Å². The zero-order valence-electron chi connectivity index (χ0n) is 23.6. The Morgan fingerprint density at radius 3 is 2.54 bits per heavy atom. The summed E-state index contributed by atoms with van der Waals surface area (Å²) in [4.78, 5) is 29.2. The number of nitrogens with zero attached hydrogens (tertiary/aromatic N) is 2. The van der Waals surface area contributed by atoms with Gasteiger partial charge in [-0.3, -0.25) is 4.90 Å². The van der Waals surface area contributed by atoms with Gasteiger partial charge in [-0.25, -0.2) is 9.78 Å². The number of carbonyl (C=O) groups excluding carboxylic acids is 1. The first kappa shape index (κ1) is 31.9. The van der Waals surface area contributed by atoms with Crippen LogP contribution in [0, 0.1) is 0 Å². The molecule has 3 heterocycles. The predicted octanol–water partition coefficient (Wildman–Crippen LogP) is 7.94. The number of hydrogen-bond donors (Lipinski definition) is 1. The van der Waals surface area contributed by atoms with Crippen LogP contribution in [0.3, 0.4) is 0 Å². The molecule has 1 N–H and O–H groups in total. The number of piperidine rings is 1. The molecule has 0 amide bonds. The van der Waals surface area contributed by atoms with Crippen molar-refractivity contribution in [2.24, 2.45) is 0 Å². The van der Waals surface area contributed by atoms with Gasteiger partial charge in [-0.05, 0) is 62.9 Å². The van der Waals surface area contributed by atoms with Crippen LogP contribution in [0.4, 0.5) is 0 Å². The fraction of sp³-hybridized carbons (Fsp3) is 0.406. The number of carbonyl (C=O) groups is 1. The van der Waals surface area contributed by atoms with Gasteiger partial charge in [0.1, 0.15) is 23.1 Å². The molecule has 1 unspecified atom stereocenters. The summed E-state index contributed by atoms with van der Waals surface area (Å²) in [6, 6.07) is 5.91. The molecule has 39 heavy (non-hydrogen) atoms. The molecule has 0 spiro atoms. The minimum Gasteiger partial charge on any atom is -0.507 e. The topological polar surface area (TPSA) is 83.6 Å². The molecule has 6 nitrogen and oxygen atoms in total. The molecule has 0 bridgehead atoms. The van der Waals surface area contributed by atoms with E-state index in [1.54, 1.807) is 29.6 Å². The standard InChI is InChI=1S/C24H26N2O3S.C4H6.C3H8.CH2O/c1-2-16-7-5-6-12-26(16)14-18-20(27)11-10-15-13-17(24(28)29-22(15)18)23-25-19-8-3-4-9-21(19)30-23;1-3-4-2;1-3-2;1-2/h3,8,10-11,13,16,27H,2,4-7,9,12,14H2,1H3;3-4H,1-2H2;3H2,1-2H3;1H2. The Hall–Kier alpha value is -3.29. The molecular weight excluding hydrogens is 508 g/mol. The van der Waals surface area contributed by atoms with Gasteiger partial charge in [-0.1, -0.05) is 65.0 Å². The number of phenolic OH excluding ortho intramolecular Hbond substituents is 1. The molecule has 5 rings (SSSR count). The normalized spacial score (nSPS) is 15.9. The minimum absolute atomic E-state index is 0.189. The van der Waals surface area contributed by atoms with Gasteiger partial charge in [0.2, 0.25) is 0 Å². The third-order valence-corrected chi connectivity index (χ3v) is 7.66. The van der Waals surface area contributed by atoms with Crippen molar-refractivity contribution in [3.63, 3.8) is 0 Å². The highest BCUT2D eigenvalue weighted by Gasteiger charge is 2.24. The number of aromatic hydroxyl groups is 1. The third-order valence-electron chi connectivity index (χ3n) is 6.50. The summed E-state index contributed by atoms with van der Waals surface area (Å²) in [6.45, 7) is 16.8. The Balaban J connectivity index is 0.000000526. The summed E-state index contributed by atoms with van der Waals surface area (Å²) in [6.07, 6.45) is 15.3. The Bertz CT molecular complexity index is 1300. The maximum absolute atomic E-state index is 12.9. The zero-order valence-corrected chi connectivity index (χ0v) is 24.4. The number of hydrogen-bond acceptors (Lipinski definition) is 7. The van der Waals surface area contributed by atoms with Crippen LogP contribution >= 0.6 is 11.3 Å². The monoisotopic (exact) mass is 550 g/mol. The molecule has 1 aromatic carbocycles. The number of phenols is 1. The van der Waals surface area contributed by atoms with Gasteiger partial charge in [0.25, 0.3) is 0 Å². The average Bonchev–Trinajstić information content (AvgIpc) is 3.40. The average molecular weight is 551 g/mol. The molecule has 1 saturated heterocycles. The van der Waals surface area contributed by atoms with Crippen LogP contribution in [-0.2, 0) is 17.8 Å². The molecule has 1 atom stereocenters. The largest absolute Gasteiger partial charge is 0.507 e. The quantitative estimate of drug-likeness (QED) is 0.256. The van der Waals surface area contributed by atoms with E-state index >= 15 is 0 Å². The van der Waals surface area contributed by atoms with Gasteiger partial charge in [0.15, 0.2) is 0 Å². The first-order valence-corrected chi connectivity index (χ1v) is 14.5. The van der Waals surface area contributed by atoms with Gasteiger partial charge in [-0.2, -0.15) is 0 Å². The summed E-state index contributed by atoms with van der Waals surface area (Å²) in [5.41, 5.74) is 2.26. The first-order valence-electron chi connectivity index (χ1n) is 13.7. The molecule has 0 saturated carbocycles. The SMILES string of the molecule is C=CC=C.C=O.CCC.CCC1CCCCN1Cc1c(O)ccc2cc(-c3nc4c(s3)CCC=C4)c(=O)oc12. The molecule has 2 aromatic heterocycles. The van der Waals surface area contributed by atoms with E-state index in [0.29, 0.717) is 34.3 Å². The summed E-state index contributed by atoms with van der Waals surface area (Å²) < 4.78 is 5.81.